The molecule has 0 amide bonds. The van der Waals surface area contributed by atoms with E-state index in [0.29, 0.717) is 28.7 Å². The minimum Gasteiger partial charge on any atom is -0.358 e. The van der Waals surface area contributed by atoms with Crippen LogP contribution < -0.4 is 5.56 Å². The summed E-state index contributed by atoms with van der Waals surface area (Å²) in [6, 6.07) is 19.3. The molecule has 0 bridgehead atoms. The van der Waals surface area contributed by atoms with Gasteiger partial charge in [0.2, 0.25) is 0 Å². The van der Waals surface area contributed by atoms with Crippen LogP contribution in [-0.2, 0) is 6.42 Å². The summed E-state index contributed by atoms with van der Waals surface area (Å²) < 4.78 is 0. The van der Waals surface area contributed by atoms with Crippen molar-refractivity contribution in [3.63, 3.8) is 0 Å². The highest BCUT2D eigenvalue weighted by molar-refractivity contribution is 5.82. The summed E-state index contributed by atoms with van der Waals surface area (Å²) in [5.41, 5.74) is 2.74. The molecule has 0 aliphatic carbocycles. The van der Waals surface area contributed by atoms with E-state index in [2.05, 4.69) is 27.1 Å². The van der Waals surface area contributed by atoms with E-state index in [9.17, 15) is 10.1 Å². The number of benzene rings is 2. The summed E-state index contributed by atoms with van der Waals surface area (Å²) in [6.45, 7) is 0. The summed E-state index contributed by atoms with van der Waals surface area (Å²) in [7, 11) is 0. The molecule has 0 aliphatic heterocycles. The Labute approximate surface area is 143 Å². The first-order chi connectivity index (χ1) is 12.2. The number of allylic oxidation sites excluding steroid dienone is 2. The molecule has 5 nitrogen and oxygen atoms in total. The highest BCUT2D eigenvalue weighted by Crippen LogP contribution is 2.17. The fourth-order valence-electron chi connectivity index (χ4n) is 2.86. The van der Waals surface area contributed by atoms with Gasteiger partial charge in [-0.25, -0.2) is 4.98 Å². The van der Waals surface area contributed by atoms with Gasteiger partial charge in [-0.2, -0.15) is 5.26 Å². The summed E-state index contributed by atoms with van der Waals surface area (Å²) in [5.74, 6) is 0.294. The van der Waals surface area contributed by atoms with Crippen LogP contribution in [0.5, 0.6) is 0 Å². The van der Waals surface area contributed by atoms with Gasteiger partial charge in [0.05, 0.1) is 16.5 Å². The number of H-pyrrole nitrogens is 2. The number of fused-ring (bicyclic) bond motifs is 2. The molecule has 2 aromatic heterocycles. The van der Waals surface area contributed by atoms with Crippen molar-refractivity contribution in [3.05, 3.63) is 82.5 Å². The Hall–Kier alpha value is -3.65. The van der Waals surface area contributed by atoms with Crippen LogP contribution >= 0.6 is 0 Å². The minimum atomic E-state index is -0.243. The maximum absolute atomic E-state index is 12.2. The van der Waals surface area contributed by atoms with Crippen molar-refractivity contribution in [2.24, 2.45) is 0 Å². The highest BCUT2D eigenvalue weighted by atomic mass is 16.1. The Morgan fingerprint density at radius 2 is 1.92 bits per heavy atom. The maximum atomic E-state index is 12.2. The number of aromatic nitrogens is 3. The van der Waals surface area contributed by atoms with E-state index in [1.165, 1.54) is 0 Å². The molecule has 0 atom stereocenters. The molecular formula is C20H14N4O. The van der Waals surface area contributed by atoms with Gasteiger partial charge in [-0.05, 0) is 29.7 Å². The average molecular weight is 326 g/mol. The molecule has 0 unspecified atom stereocenters. The molecule has 2 heterocycles. The molecule has 4 rings (SSSR count). The lowest BCUT2D eigenvalue weighted by atomic mass is 10.1. The quantitative estimate of drug-likeness (QED) is 0.565. The van der Waals surface area contributed by atoms with Crippen LogP contribution in [0.1, 0.15) is 11.5 Å². The molecule has 5 heteroatoms. The molecule has 120 valence electrons. The topological polar surface area (TPSA) is 85.3 Å². The molecule has 4 aromatic rings. The van der Waals surface area contributed by atoms with Crippen LogP contribution in [0.2, 0.25) is 0 Å². The van der Waals surface area contributed by atoms with Crippen LogP contribution in [0.3, 0.4) is 0 Å². The van der Waals surface area contributed by atoms with Crippen LogP contribution in [0.15, 0.2) is 65.5 Å². The number of nitrogens with zero attached hydrogens (tertiary/aromatic N) is 2. The second-order valence-electron chi connectivity index (χ2n) is 5.75. The van der Waals surface area contributed by atoms with Crippen LogP contribution in [-0.4, -0.2) is 15.0 Å². The zero-order valence-corrected chi connectivity index (χ0v) is 13.3. The smallest absolute Gasteiger partial charge is 0.259 e. The molecular weight excluding hydrogens is 312 g/mol. The molecule has 0 saturated heterocycles. The molecule has 2 aromatic carbocycles. The lowest BCUT2D eigenvalue weighted by molar-refractivity contribution is 1.11. The third kappa shape index (κ3) is 2.81. The molecule has 0 saturated carbocycles. The van der Waals surface area contributed by atoms with Gasteiger partial charge in [-0.3, -0.25) is 4.79 Å². The van der Waals surface area contributed by atoms with Crippen molar-refractivity contribution < 1.29 is 0 Å². The predicted octanol–water partition coefficient (Wildman–Crippen LogP) is 3.55. The van der Waals surface area contributed by atoms with Crippen molar-refractivity contribution >= 4 is 27.4 Å². The Kier molecular flexibility index (Phi) is 3.64. The molecule has 0 aliphatic rings. The van der Waals surface area contributed by atoms with Crippen LogP contribution in [0.4, 0.5) is 0 Å². The second kappa shape index (κ2) is 6.10. The van der Waals surface area contributed by atoms with Crippen molar-refractivity contribution in [3.8, 4) is 6.07 Å². The summed E-state index contributed by atoms with van der Waals surface area (Å²) in [4.78, 5) is 22.6. The standard InChI is InChI=1S/C20H14N4O/c21-12-14(9-10-15-11-13-5-1-3-7-17(13)22-15)19-23-18-8-4-2-6-16(18)20(25)24-19/h1-9,11,22H,10H2,(H,23,24,25)/b14-9+. The zero-order valence-electron chi connectivity index (χ0n) is 13.3. The summed E-state index contributed by atoms with van der Waals surface area (Å²) in [6.07, 6.45) is 2.33. The Bertz CT molecular complexity index is 1170. The van der Waals surface area contributed by atoms with Crippen molar-refractivity contribution in [2.45, 2.75) is 6.42 Å². The van der Waals surface area contributed by atoms with E-state index >= 15 is 0 Å². The molecule has 0 fully saturated rings. The largest absolute Gasteiger partial charge is 0.358 e. The predicted molar refractivity (Wildman–Crippen MR) is 98.0 cm³/mol. The number of aromatic amines is 2. The van der Waals surface area contributed by atoms with Crippen LogP contribution in [0.25, 0.3) is 27.4 Å². The molecule has 2 N–H and O–H groups in total. The number of hydrogen-bond donors (Lipinski definition) is 2. The van der Waals surface area contributed by atoms with E-state index in [4.69, 9.17) is 0 Å². The van der Waals surface area contributed by atoms with Gasteiger partial charge in [0.1, 0.15) is 6.07 Å². The highest BCUT2D eigenvalue weighted by Gasteiger charge is 2.08. The Balaban J connectivity index is 1.71. The van der Waals surface area contributed by atoms with Crippen molar-refractivity contribution in [1.29, 1.82) is 5.26 Å². The zero-order chi connectivity index (χ0) is 17.2. The first-order valence-electron chi connectivity index (χ1n) is 7.91. The van der Waals surface area contributed by atoms with Gasteiger partial charge in [-0.15, -0.1) is 0 Å². The number of para-hydroxylation sites is 2. The second-order valence-corrected chi connectivity index (χ2v) is 5.75. The lowest BCUT2D eigenvalue weighted by Crippen LogP contribution is -2.11. The number of rotatable bonds is 3. The van der Waals surface area contributed by atoms with Gasteiger partial charge in [0.25, 0.3) is 5.56 Å². The van der Waals surface area contributed by atoms with Gasteiger partial charge in [0, 0.05) is 17.6 Å². The van der Waals surface area contributed by atoms with E-state index in [-0.39, 0.29) is 5.56 Å². The molecule has 0 radical (unpaired) electrons. The first-order valence-corrected chi connectivity index (χ1v) is 7.91. The fraction of sp³-hybridized carbons (Fsp3) is 0.0500. The van der Waals surface area contributed by atoms with Gasteiger partial charge < -0.3 is 9.97 Å². The first kappa shape index (κ1) is 14.9. The monoisotopic (exact) mass is 326 g/mol. The van der Waals surface area contributed by atoms with E-state index in [1.54, 1.807) is 24.3 Å². The number of nitriles is 1. The maximum Gasteiger partial charge on any atom is 0.259 e. The molecule has 25 heavy (non-hydrogen) atoms. The van der Waals surface area contributed by atoms with Gasteiger partial charge in [-0.1, -0.05) is 36.4 Å². The number of hydrogen-bond acceptors (Lipinski definition) is 3. The van der Waals surface area contributed by atoms with E-state index < -0.39 is 0 Å². The van der Waals surface area contributed by atoms with E-state index in [1.807, 2.05) is 30.3 Å². The average Bonchev–Trinajstić information content (AvgIpc) is 3.05. The number of nitrogens with one attached hydrogen (secondary N) is 2. The van der Waals surface area contributed by atoms with Gasteiger partial charge in [0.15, 0.2) is 5.82 Å². The normalized spacial score (nSPS) is 11.7. The molecule has 0 spiro atoms. The lowest BCUT2D eigenvalue weighted by Gasteiger charge is -2.01. The Morgan fingerprint density at radius 1 is 1.12 bits per heavy atom. The SMILES string of the molecule is N#C/C(=C\Cc1cc2ccccc2[nH]1)c1nc2ccccc2c(=O)[nH]1. The fourth-order valence-corrected chi connectivity index (χ4v) is 2.86. The van der Waals surface area contributed by atoms with Gasteiger partial charge >= 0.3 is 0 Å². The van der Waals surface area contributed by atoms with Crippen molar-refractivity contribution in [1.82, 2.24) is 15.0 Å². The Morgan fingerprint density at radius 3 is 2.76 bits per heavy atom. The van der Waals surface area contributed by atoms with E-state index in [0.717, 1.165) is 16.6 Å². The van der Waals surface area contributed by atoms with Crippen LogP contribution in [0, 0.1) is 11.3 Å². The third-order valence-electron chi connectivity index (χ3n) is 4.10. The third-order valence-corrected chi connectivity index (χ3v) is 4.10. The van der Waals surface area contributed by atoms with Crippen molar-refractivity contribution in [2.75, 3.05) is 0 Å². The minimum absolute atomic E-state index is 0.243. The summed E-state index contributed by atoms with van der Waals surface area (Å²) >= 11 is 0. The summed E-state index contributed by atoms with van der Waals surface area (Å²) in [5, 5.41) is 11.1.